The van der Waals surface area contributed by atoms with Crippen LogP contribution >= 0.6 is 0 Å². The number of hydrogen-bond acceptors (Lipinski definition) is 4. The van der Waals surface area contributed by atoms with Crippen molar-refractivity contribution in [2.75, 3.05) is 13.2 Å². The van der Waals surface area contributed by atoms with Gasteiger partial charge in [-0.25, -0.2) is 0 Å². The van der Waals surface area contributed by atoms with E-state index in [0.29, 0.717) is 11.8 Å². The molecular weight excluding hydrogens is 376 g/mol. The lowest BCUT2D eigenvalue weighted by atomic mass is 9.85. The second-order valence-corrected chi connectivity index (χ2v) is 11.8. The monoisotopic (exact) mass is 424 g/mol. The van der Waals surface area contributed by atoms with Crippen LogP contribution in [0.4, 0.5) is 0 Å². The summed E-state index contributed by atoms with van der Waals surface area (Å²) in [5.41, 5.74) is -0.0439. The van der Waals surface area contributed by atoms with Gasteiger partial charge in [0.2, 0.25) is 0 Å². The van der Waals surface area contributed by atoms with Crippen LogP contribution in [0.3, 0.4) is 0 Å². The third-order valence-electron chi connectivity index (χ3n) is 7.90. The van der Waals surface area contributed by atoms with Crippen LogP contribution in [0.25, 0.3) is 0 Å². The van der Waals surface area contributed by atoms with E-state index in [-0.39, 0.29) is 48.1 Å². The van der Waals surface area contributed by atoms with Gasteiger partial charge in [-0.05, 0) is 74.0 Å². The van der Waals surface area contributed by atoms with E-state index >= 15 is 0 Å². The predicted octanol–water partition coefficient (Wildman–Crippen LogP) is 4.69. The molecule has 0 bridgehead atoms. The summed E-state index contributed by atoms with van der Waals surface area (Å²) in [4.78, 5) is 0. The van der Waals surface area contributed by atoms with E-state index in [1.54, 1.807) is 0 Å². The van der Waals surface area contributed by atoms with Crippen molar-refractivity contribution in [2.45, 2.75) is 104 Å². The highest BCUT2D eigenvalue weighted by Crippen LogP contribution is 2.39. The molecule has 4 N–H and O–H groups in total. The maximum Gasteiger partial charge on any atom is 0.0630 e. The lowest BCUT2D eigenvalue weighted by molar-refractivity contribution is 0.0915. The molecule has 2 aliphatic carbocycles. The summed E-state index contributed by atoms with van der Waals surface area (Å²) in [7, 11) is 0. The average molecular weight is 425 g/mol. The molecule has 0 radical (unpaired) electrons. The van der Waals surface area contributed by atoms with Gasteiger partial charge in [0.25, 0.3) is 0 Å². The summed E-state index contributed by atoms with van der Waals surface area (Å²) >= 11 is 0. The van der Waals surface area contributed by atoms with Crippen LogP contribution in [0.5, 0.6) is 0 Å². The fourth-order valence-electron chi connectivity index (χ4n) is 5.37. The standard InChI is InChI=1S/C26H48O4/c1-25(2,17-27)15-5-7-19-9-11-21(23(19)29)13-14-22-12-10-20(24(22)30)8-6-16-26(3,4)18-28/h13-14,19-24,27-30H,5-12,15-18H2,1-4H3. The first kappa shape index (κ1) is 25.8. The third-order valence-corrected chi connectivity index (χ3v) is 7.90. The molecule has 4 nitrogen and oxygen atoms in total. The molecule has 2 rings (SSSR count). The van der Waals surface area contributed by atoms with Crippen LogP contribution in [0.2, 0.25) is 0 Å². The zero-order valence-electron chi connectivity index (χ0n) is 19.9. The van der Waals surface area contributed by atoms with Crippen LogP contribution in [0, 0.1) is 34.5 Å². The summed E-state index contributed by atoms with van der Waals surface area (Å²) in [6.07, 6.45) is 14.2. The van der Waals surface area contributed by atoms with Crippen molar-refractivity contribution in [3.8, 4) is 0 Å². The van der Waals surface area contributed by atoms with Crippen LogP contribution < -0.4 is 0 Å². The van der Waals surface area contributed by atoms with Crippen LogP contribution in [-0.4, -0.2) is 45.8 Å². The van der Waals surface area contributed by atoms with E-state index in [2.05, 4.69) is 39.8 Å². The van der Waals surface area contributed by atoms with Crippen LogP contribution in [0.15, 0.2) is 12.2 Å². The zero-order chi connectivity index (χ0) is 22.4. The Bertz CT molecular complexity index is 481. The van der Waals surface area contributed by atoms with Crippen molar-refractivity contribution in [1.82, 2.24) is 0 Å². The minimum atomic E-state index is -0.270. The number of rotatable bonds is 12. The van der Waals surface area contributed by atoms with Gasteiger partial charge in [-0.15, -0.1) is 0 Å². The second kappa shape index (κ2) is 11.4. The summed E-state index contributed by atoms with van der Waals surface area (Å²) < 4.78 is 0. The molecule has 0 aliphatic heterocycles. The largest absolute Gasteiger partial charge is 0.396 e. The normalized spacial score (nSPS) is 33.1. The Kier molecular flexibility index (Phi) is 9.86. The molecule has 0 amide bonds. The van der Waals surface area contributed by atoms with Crippen molar-refractivity contribution < 1.29 is 20.4 Å². The number of aliphatic hydroxyl groups is 4. The van der Waals surface area contributed by atoms with Crippen molar-refractivity contribution in [3.63, 3.8) is 0 Å². The Balaban J connectivity index is 1.74. The van der Waals surface area contributed by atoms with Gasteiger partial charge in [0.1, 0.15) is 0 Å². The molecule has 2 saturated carbocycles. The Morgan fingerprint density at radius 1 is 0.667 bits per heavy atom. The summed E-state index contributed by atoms with van der Waals surface area (Å²) in [6, 6.07) is 0. The second-order valence-electron chi connectivity index (χ2n) is 11.8. The fourth-order valence-corrected chi connectivity index (χ4v) is 5.37. The molecule has 6 atom stereocenters. The maximum atomic E-state index is 10.8. The van der Waals surface area contributed by atoms with Crippen molar-refractivity contribution in [3.05, 3.63) is 12.2 Å². The molecule has 0 aromatic heterocycles. The highest BCUT2D eigenvalue weighted by atomic mass is 16.3. The molecule has 4 heteroatoms. The van der Waals surface area contributed by atoms with Gasteiger partial charge in [-0.1, -0.05) is 52.7 Å². The predicted molar refractivity (Wildman–Crippen MR) is 123 cm³/mol. The SMILES string of the molecule is CC(C)(CO)CCCC1CCC(C=CC2CCC(CCCC(C)(C)CO)C2O)C1O. The fraction of sp³-hybridized carbons (Fsp3) is 0.923. The van der Waals surface area contributed by atoms with E-state index in [1.807, 2.05) is 0 Å². The minimum absolute atomic E-state index is 0.0220. The molecule has 2 aliphatic rings. The first-order valence-corrected chi connectivity index (χ1v) is 12.3. The molecule has 0 spiro atoms. The molecule has 6 unspecified atom stereocenters. The lowest BCUT2D eigenvalue weighted by Crippen LogP contribution is -2.23. The van der Waals surface area contributed by atoms with Gasteiger partial charge in [-0.3, -0.25) is 0 Å². The van der Waals surface area contributed by atoms with Gasteiger partial charge >= 0.3 is 0 Å². The number of aliphatic hydroxyl groups excluding tert-OH is 4. The first-order valence-electron chi connectivity index (χ1n) is 12.3. The topological polar surface area (TPSA) is 80.9 Å². The quantitative estimate of drug-likeness (QED) is 0.343. The van der Waals surface area contributed by atoms with E-state index in [0.717, 1.165) is 64.2 Å². The molecule has 0 aromatic carbocycles. The summed E-state index contributed by atoms with van der Waals surface area (Å²) in [5, 5.41) is 40.3. The highest BCUT2D eigenvalue weighted by Gasteiger charge is 2.35. The molecule has 2 fully saturated rings. The number of hydrogen-bond donors (Lipinski definition) is 4. The van der Waals surface area contributed by atoms with Gasteiger partial charge in [0, 0.05) is 25.0 Å². The summed E-state index contributed by atoms with van der Waals surface area (Å²) in [6.45, 7) is 8.81. The van der Waals surface area contributed by atoms with E-state index in [4.69, 9.17) is 0 Å². The van der Waals surface area contributed by atoms with E-state index < -0.39 is 0 Å². The van der Waals surface area contributed by atoms with Gasteiger partial charge < -0.3 is 20.4 Å². The van der Waals surface area contributed by atoms with Gasteiger partial charge in [-0.2, -0.15) is 0 Å². The Labute approximate surface area is 184 Å². The van der Waals surface area contributed by atoms with Crippen LogP contribution in [0.1, 0.15) is 91.9 Å². The van der Waals surface area contributed by atoms with Gasteiger partial charge in [0.15, 0.2) is 0 Å². The van der Waals surface area contributed by atoms with E-state index in [9.17, 15) is 20.4 Å². The third kappa shape index (κ3) is 7.62. The van der Waals surface area contributed by atoms with Crippen molar-refractivity contribution >= 4 is 0 Å². The highest BCUT2D eigenvalue weighted by molar-refractivity contribution is 5.04. The smallest absolute Gasteiger partial charge is 0.0630 e. The molecular formula is C26H48O4. The first-order chi connectivity index (χ1) is 14.1. The maximum absolute atomic E-state index is 10.8. The molecule has 0 heterocycles. The minimum Gasteiger partial charge on any atom is -0.396 e. The van der Waals surface area contributed by atoms with Gasteiger partial charge in [0.05, 0.1) is 12.2 Å². The molecule has 30 heavy (non-hydrogen) atoms. The average Bonchev–Trinajstić information content (AvgIpc) is 3.23. The zero-order valence-corrected chi connectivity index (χ0v) is 19.9. The molecule has 176 valence electrons. The Morgan fingerprint density at radius 3 is 1.37 bits per heavy atom. The summed E-state index contributed by atoms with van der Waals surface area (Å²) in [5.74, 6) is 1.17. The van der Waals surface area contributed by atoms with Crippen molar-refractivity contribution in [2.24, 2.45) is 34.5 Å². The molecule has 0 aromatic rings. The van der Waals surface area contributed by atoms with E-state index in [1.165, 1.54) is 0 Å². The Hall–Kier alpha value is -0.420. The lowest BCUT2D eigenvalue weighted by Gasteiger charge is -2.24. The van der Waals surface area contributed by atoms with Crippen molar-refractivity contribution in [1.29, 1.82) is 0 Å². The molecule has 0 saturated heterocycles. The van der Waals surface area contributed by atoms with Crippen LogP contribution in [-0.2, 0) is 0 Å². The Morgan fingerprint density at radius 2 is 1.03 bits per heavy atom.